The third-order valence-electron chi connectivity index (χ3n) is 16.1. The Balaban J connectivity index is 0.978. The number of hydrogen-bond donors (Lipinski definition) is 0. The molecule has 2 unspecified atom stereocenters. The minimum atomic E-state index is 0.155. The third-order valence-corrected chi connectivity index (χ3v) is 16.1. The summed E-state index contributed by atoms with van der Waals surface area (Å²) >= 11 is 0. The Hall–Kier alpha value is -9.31. The number of hydrogen-bond acceptors (Lipinski definition) is 3. The molecule has 2 heterocycles. The molecule has 0 amide bonds. The van der Waals surface area contributed by atoms with Crippen LogP contribution < -0.4 is 0 Å². The predicted molar refractivity (Wildman–Crippen MR) is 329 cm³/mol. The highest BCUT2D eigenvalue weighted by molar-refractivity contribution is 6.31. The first-order valence-corrected chi connectivity index (χ1v) is 26.8. The normalized spacial score (nSPS) is 17.3. The number of allylic oxidation sites excluding steroid dienone is 9. The van der Waals surface area contributed by atoms with E-state index in [0.717, 1.165) is 117 Å². The van der Waals surface area contributed by atoms with Gasteiger partial charge in [0.2, 0.25) is 0 Å². The van der Waals surface area contributed by atoms with Gasteiger partial charge >= 0.3 is 0 Å². The molecule has 0 saturated carbocycles. The zero-order valence-corrected chi connectivity index (χ0v) is 43.9. The highest BCUT2D eigenvalue weighted by Crippen LogP contribution is 2.48. The van der Waals surface area contributed by atoms with Crippen LogP contribution in [-0.4, -0.2) is 5.71 Å². The van der Waals surface area contributed by atoms with E-state index in [0.29, 0.717) is 11.6 Å². The lowest BCUT2D eigenvalue weighted by atomic mass is 9.84. The lowest BCUT2D eigenvalue weighted by Crippen LogP contribution is -2.06. The highest BCUT2D eigenvalue weighted by Gasteiger charge is 2.24. The standard InChI is InChI=1S/C74H57NO2/c1-45-22-10-11-23-46(2)47(3)54(41-40-45)61-34-21-39-68-72(61)71-55(33-20-38-67(71)76-68)48(4)49(5)73(51-24-8-7-9-25-51)75-50(6)52-26-18-27-53(44-52)56-42-43-63-59-30-13-12-28-57(59)58-29-14-15-32-62(58)70(63)69(56)65-36-19-35-64-60-31-16-17-37-66(60)77-74(64)65/h7-39,41-46H,3,6,40H2,1-2,4-5H3/b22-10-,23-11-,49-48+,54-41+,75-73+. The van der Waals surface area contributed by atoms with Crippen molar-refractivity contribution in [2.45, 2.75) is 34.1 Å². The number of nitrogens with zero attached hydrogens (tertiary/aromatic N) is 1. The molecule has 13 rings (SSSR count). The second-order valence-electron chi connectivity index (χ2n) is 20.8. The van der Waals surface area contributed by atoms with E-state index in [-0.39, 0.29) is 5.92 Å². The Kier molecular flexibility index (Phi) is 12.0. The van der Waals surface area contributed by atoms with Crippen LogP contribution in [0.25, 0.3) is 115 Å². The van der Waals surface area contributed by atoms with Crippen LogP contribution in [0.3, 0.4) is 0 Å². The van der Waals surface area contributed by atoms with Crippen LogP contribution >= 0.6 is 0 Å². The molecule has 0 fully saturated rings. The summed E-state index contributed by atoms with van der Waals surface area (Å²) in [5.41, 5.74) is 17.9. The average molecular weight is 992 g/mol. The maximum Gasteiger partial charge on any atom is 0.143 e. The van der Waals surface area contributed by atoms with Gasteiger partial charge in [-0.15, -0.1) is 0 Å². The number of benzene rings is 10. The second kappa shape index (κ2) is 19.4. The molecule has 370 valence electrons. The summed E-state index contributed by atoms with van der Waals surface area (Å²) in [6.07, 6.45) is 12.1. The number of aliphatic imine (C=N–C) groups is 1. The van der Waals surface area contributed by atoms with E-state index in [2.05, 4.69) is 246 Å². The topological polar surface area (TPSA) is 38.6 Å². The summed E-state index contributed by atoms with van der Waals surface area (Å²) in [5, 5.41) is 11.6. The maximum absolute atomic E-state index is 6.85. The van der Waals surface area contributed by atoms with Gasteiger partial charge in [0.25, 0.3) is 0 Å². The quantitative estimate of drug-likeness (QED) is 0.112. The van der Waals surface area contributed by atoms with Gasteiger partial charge in [0.05, 0.1) is 11.4 Å². The molecule has 0 aliphatic heterocycles. The Morgan fingerprint density at radius 1 is 0.506 bits per heavy atom. The van der Waals surface area contributed by atoms with Crippen molar-refractivity contribution in [3.05, 3.63) is 271 Å². The van der Waals surface area contributed by atoms with Gasteiger partial charge in [-0.3, -0.25) is 0 Å². The van der Waals surface area contributed by atoms with E-state index in [1.54, 1.807) is 0 Å². The van der Waals surface area contributed by atoms with Crippen LogP contribution in [0.5, 0.6) is 0 Å². The van der Waals surface area contributed by atoms with Crippen molar-refractivity contribution in [3.8, 4) is 22.3 Å². The van der Waals surface area contributed by atoms with Crippen LogP contribution in [-0.2, 0) is 0 Å². The van der Waals surface area contributed by atoms with E-state index >= 15 is 0 Å². The SMILES string of the molecule is C=C(/N=C(\C(C)=C(/C)c1cccc2oc3cccc(/C4=C/CC(C)/C=C\C=C/C(C)C4=C)c3c12)c1ccccc1)c1cccc(-c2ccc3c4ccccc4c4ccccc4c3c2-c2cccc3c2oc2ccccc23)c1. The lowest BCUT2D eigenvalue weighted by Gasteiger charge is -2.19. The van der Waals surface area contributed by atoms with Crippen molar-refractivity contribution >= 4 is 98.7 Å². The van der Waals surface area contributed by atoms with Crippen LogP contribution in [0, 0.1) is 11.8 Å². The molecule has 2 atom stereocenters. The summed E-state index contributed by atoms with van der Waals surface area (Å²) in [5.74, 6) is 0.539. The summed E-state index contributed by atoms with van der Waals surface area (Å²) in [7, 11) is 0. The molecule has 0 bridgehead atoms. The monoisotopic (exact) mass is 991 g/mol. The Bertz CT molecular complexity index is 4530. The molecular weight excluding hydrogens is 935 g/mol. The van der Waals surface area contributed by atoms with Crippen molar-refractivity contribution in [1.82, 2.24) is 0 Å². The molecule has 77 heavy (non-hydrogen) atoms. The molecule has 12 aromatic rings. The Labute approximate surface area is 449 Å². The highest BCUT2D eigenvalue weighted by atomic mass is 16.3. The van der Waals surface area contributed by atoms with E-state index in [1.807, 2.05) is 6.07 Å². The van der Waals surface area contributed by atoms with Gasteiger partial charge < -0.3 is 8.83 Å². The average Bonchev–Trinajstić information content (AvgIpc) is 4.12. The van der Waals surface area contributed by atoms with Gasteiger partial charge in [0.15, 0.2) is 0 Å². The smallest absolute Gasteiger partial charge is 0.143 e. The molecule has 2 aromatic heterocycles. The predicted octanol–water partition coefficient (Wildman–Crippen LogP) is 21.0. The molecule has 1 aliphatic carbocycles. The number of rotatable bonds is 8. The third kappa shape index (κ3) is 8.18. The van der Waals surface area contributed by atoms with Crippen molar-refractivity contribution in [1.29, 1.82) is 0 Å². The summed E-state index contributed by atoms with van der Waals surface area (Å²) in [6, 6.07) is 69.2. The lowest BCUT2D eigenvalue weighted by molar-refractivity contribution is 0.668. The Morgan fingerprint density at radius 3 is 1.90 bits per heavy atom. The van der Waals surface area contributed by atoms with Crippen LogP contribution in [0.2, 0.25) is 0 Å². The zero-order valence-electron chi connectivity index (χ0n) is 43.9. The fourth-order valence-corrected chi connectivity index (χ4v) is 11.9. The molecule has 3 heteroatoms. The molecule has 10 aromatic carbocycles. The van der Waals surface area contributed by atoms with Gasteiger partial charge in [-0.05, 0) is 133 Å². The van der Waals surface area contributed by atoms with E-state index in [9.17, 15) is 0 Å². The summed E-state index contributed by atoms with van der Waals surface area (Å²) in [6.45, 7) is 18.3. The molecule has 0 N–H and O–H groups in total. The maximum atomic E-state index is 6.85. The minimum absolute atomic E-state index is 0.155. The first-order chi connectivity index (χ1) is 37.7. The van der Waals surface area contributed by atoms with E-state index in [4.69, 9.17) is 27.0 Å². The van der Waals surface area contributed by atoms with Crippen molar-refractivity contribution in [3.63, 3.8) is 0 Å². The van der Waals surface area contributed by atoms with Gasteiger partial charge in [-0.1, -0.05) is 227 Å². The Morgan fingerprint density at radius 2 is 1.10 bits per heavy atom. The molecule has 0 saturated heterocycles. The first kappa shape index (κ1) is 47.4. The van der Waals surface area contributed by atoms with Crippen LogP contribution in [0.1, 0.15) is 56.4 Å². The molecule has 0 radical (unpaired) electrons. The van der Waals surface area contributed by atoms with Crippen molar-refractivity contribution in [2.75, 3.05) is 0 Å². The molecule has 3 nitrogen and oxygen atoms in total. The van der Waals surface area contributed by atoms with Crippen molar-refractivity contribution in [2.24, 2.45) is 16.8 Å². The van der Waals surface area contributed by atoms with Crippen LogP contribution in [0.4, 0.5) is 0 Å². The molecule has 0 spiro atoms. The van der Waals surface area contributed by atoms with Gasteiger partial charge in [0, 0.05) is 43.8 Å². The van der Waals surface area contributed by atoms with Gasteiger partial charge in [-0.2, -0.15) is 0 Å². The minimum Gasteiger partial charge on any atom is -0.456 e. The van der Waals surface area contributed by atoms with E-state index < -0.39 is 0 Å². The van der Waals surface area contributed by atoms with E-state index in [1.165, 1.54) is 37.9 Å². The summed E-state index contributed by atoms with van der Waals surface area (Å²) < 4.78 is 13.6. The zero-order chi connectivity index (χ0) is 52.3. The fourth-order valence-electron chi connectivity index (χ4n) is 11.9. The first-order valence-electron chi connectivity index (χ1n) is 26.8. The molecular formula is C74H57NO2. The van der Waals surface area contributed by atoms with Crippen LogP contribution in [0.15, 0.2) is 263 Å². The molecule has 1 aliphatic rings. The van der Waals surface area contributed by atoms with Gasteiger partial charge in [-0.25, -0.2) is 4.99 Å². The number of fused-ring (bicyclic) bond motifs is 12. The number of furan rings is 2. The largest absolute Gasteiger partial charge is 0.456 e. The fraction of sp³-hybridized carbons (Fsp3) is 0.0946. The number of para-hydroxylation sites is 2. The van der Waals surface area contributed by atoms with Crippen molar-refractivity contribution < 1.29 is 8.83 Å². The second-order valence-corrected chi connectivity index (χ2v) is 20.8. The van der Waals surface area contributed by atoms with Gasteiger partial charge in [0.1, 0.15) is 22.3 Å². The summed E-state index contributed by atoms with van der Waals surface area (Å²) in [4.78, 5) is 5.54.